The standard InChI is InChI=1S/C28H23F5N2O7S/c29-21-22(30)24(32)26(25(33)23(21)31)43(40,41)35-9-7-19(35)27(37)34(17-5-6-18(28(38)39)20(36)11-17)12-14-1-3-15(4-2-14)16-8-10-42-13-16/h1-6,11,16,19,36H,7-10,12-13H2,(H,38,39)/t16-,19+/m0/s1. The summed E-state index contributed by atoms with van der Waals surface area (Å²) in [7, 11) is -5.40. The van der Waals surface area contributed by atoms with Gasteiger partial charge in [0.2, 0.25) is 21.7 Å². The van der Waals surface area contributed by atoms with Crippen molar-refractivity contribution in [3.05, 3.63) is 88.2 Å². The SMILES string of the molecule is O=C(O)c1ccc(N(Cc2ccc([C@H]3CCOC3)cc2)C(=O)[C@H]2CCN2S(=O)(=O)c2c(F)c(F)c(F)c(F)c2F)cc1O. The van der Waals surface area contributed by atoms with Gasteiger partial charge in [0, 0.05) is 30.8 Å². The number of nitrogens with zero attached hydrogens (tertiary/aromatic N) is 2. The summed E-state index contributed by atoms with van der Waals surface area (Å²) in [6.07, 6.45) is 0.665. The van der Waals surface area contributed by atoms with E-state index in [1.165, 1.54) is 6.07 Å². The van der Waals surface area contributed by atoms with Crippen molar-refractivity contribution in [1.29, 1.82) is 0 Å². The lowest BCUT2D eigenvalue weighted by Gasteiger charge is -2.41. The number of anilines is 1. The van der Waals surface area contributed by atoms with Gasteiger partial charge in [-0.25, -0.2) is 35.2 Å². The maximum absolute atomic E-state index is 14.4. The van der Waals surface area contributed by atoms with Gasteiger partial charge in [-0.1, -0.05) is 24.3 Å². The van der Waals surface area contributed by atoms with Crippen LogP contribution in [0.15, 0.2) is 47.4 Å². The molecule has 43 heavy (non-hydrogen) atoms. The lowest BCUT2D eigenvalue weighted by Crippen LogP contribution is -2.59. The van der Waals surface area contributed by atoms with Crippen LogP contribution in [0.25, 0.3) is 0 Å². The number of amides is 1. The fourth-order valence-electron chi connectivity index (χ4n) is 5.05. The fourth-order valence-corrected chi connectivity index (χ4v) is 6.79. The Labute approximate surface area is 241 Å². The third-order valence-corrected chi connectivity index (χ3v) is 9.43. The van der Waals surface area contributed by atoms with Crippen molar-refractivity contribution >= 4 is 27.6 Å². The van der Waals surface area contributed by atoms with E-state index in [2.05, 4.69) is 0 Å². The molecule has 0 radical (unpaired) electrons. The minimum atomic E-state index is -5.40. The first-order valence-corrected chi connectivity index (χ1v) is 14.3. The van der Waals surface area contributed by atoms with Crippen molar-refractivity contribution in [1.82, 2.24) is 4.31 Å². The van der Waals surface area contributed by atoms with E-state index < -0.39 is 79.8 Å². The Balaban J connectivity index is 1.49. The molecule has 9 nitrogen and oxygen atoms in total. The molecular formula is C28H23F5N2O7S. The molecule has 0 saturated carbocycles. The quantitative estimate of drug-likeness (QED) is 0.217. The summed E-state index contributed by atoms with van der Waals surface area (Å²) in [6, 6.07) is 8.67. The van der Waals surface area contributed by atoms with E-state index in [0.29, 0.717) is 23.1 Å². The van der Waals surface area contributed by atoms with Crippen molar-refractivity contribution in [2.24, 2.45) is 0 Å². The molecule has 15 heteroatoms. The Morgan fingerprint density at radius 3 is 2.07 bits per heavy atom. The van der Waals surface area contributed by atoms with E-state index in [0.717, 1.165) is 29.0 Å². The number of carbonyl (C=O) groups is 2. The predicted octanol–water partition coefficient (Wildman–Crippen LogP) is 4.29. The number of carboxylic acids is 1. The first-order chi connectivity index (χ1) is 20.3. The van der Waals surface area contributed by atoms with Crippen LogP contribution in [0, 0.1) is 29.1 Å². The molecule has 2 N–H and O–H groups in total. The first kappa shape index (κ1) is 30.4. The second kappa shape index (κ2) is 11.5. The van der Waals surface area contributed by atoms with Crippen molar-refractivity contribution in [3.8, 4) is 5.75 Å². The van der Waals surface area contributed by atoms with E-state index in [4.69, 9.17) is 4.74 Å². The lowest BCUT2D eigenvalue weighted by atomic mass is 9.97. The van der Waals surface area contributed by atoms with Gasteiger partial charge in [0.1, 0.15) is 17.4 Å². The van der Waals surface area contributed by atoms with Crippen LogP contribution in [0.5, 0.6) is 5.75 Å². The molecule has 5 rings (SSSR count). The Morgan fingerprint density at radius 1 is 0.930 bits per heavy atom. The number of hydrogen-bond donors (Lipinski definition) is 2. The molecule has 0 aliphatic carbocycles. The molecule has 3 aromatic rings. The molecule has 1 amide bonds. The van der Waals surface area contributed by atoms with Crippen molar-refractivity contribution < 1.29 is 54.9 Å². The smallest absolute Gasteiger partial charge is 0.339 e. The number of rotatable bonds is 8. The summed E-state index contributed by atoms with van der Waals surface area (Å²) < 4.78 is 102. The van der Waals surface area contributed by atoms with Gasteiger partial charge < -0.3 is 19.8 Å². The normalized spacial score (nSPS) is 18.8. The van der Waals surface area contributed by atoms with Gasteiger partial charge in [0.15, 0.2) is 28.2 Å². The van der Waals surface area contributed by atoms with Crippen LogP contribution in [-0.4, -0.2) is 60.6 Å². The van der Waals surface area contributed by atoms with E-state index in [-0.39, 0.29) is 24.6 Å². The van der Waals surface area contributed by atoms with Crippen LogP contribution < -0.4 is 4.90 Å². The molecule has 3 aromatic carbocycles. The fraction of sp³-hybridized carbons (Fsp3) is 0.286. The molecule has 2 aliphatic heterocycles. The largest absolute Gasteiger partial charge is 0.507 e. The Bertz CT molecular complexity index is 1680. The first-order valence-electron chi connectivity index (χ1n) is 12.9. The number of sulfonamides is 1. The van der Waals surface area contributed by atoms with Crippen LogP contribution in [-0.2, 0) is 26.1 Å². The van der Waals surface area contributed by atoms with Gasteiger partial charge in [0.05, 0.1) is 13.2 Å². The molecule has 2 aliphatic rings. The molecule has 2 fully saturated rings. The second-order valence-corrected chi connectivity index (χ2v) is 11.9. The van der Waals surface area contributed by atoms with E-state index >= 15 is 0 Å². The summed E-state index contributed by atoms with van der Waals surface area (Å²) in [6.45, 7) is 0.497. The highest BCUT2D eigenvalue weighted by molar-refractivity contribution is 7.89. The van der Waals surface area contributed by atoms with Crippen LogP contribution in [0.4, 0.5) is 27.6 Å². The van der Waals surface area contributed by atoms with Crippen LogP contribution in [0.2, 0.25) is 0 Å². The van der Waals surface area contributed by atoms with E-state index in [1.807, 2.05) is 12.1 Å². The van der Waals surface area contributed by atoms with Crippen molar-refractivity contribution in [3.63, 3.8) is 0 Å². The number of ether oxygens (including phenoxy) is 1. The molecular weight excluding hydrogens is 603 g/mol. The predicted molar refractivity (Wildman–Crippen MR) is 139 cm³/mol. The number of hydrogen-bond acceptors (Lipinski definition) is 6. The summed E-state index contributed by atoms with van der Waals surface area (Å²) in [5.41, 5.74) is 1.02. The number of benzene rings is 3. The Morgan fingerprint density at radius 2 is 1.56 bits per heavy atom. The molecule has 2 saturated heterocycles. The van der Waals surface area contributed by atoms with Gasteiger partial charge in [-0.05, 0) is 36.1 Å². The molecule has 228 valence electrons. The van der Waals surface area contributed by atoms with Crippen LogP contribution >= 0.6 is 0 Å². The average molecular weight is 627 g/mol. The number of carboxylic acid groups (broad SMARTS) is 1. The molecule has 0 unspecified atom stereocenters. The second-order valence-electron chi connectivity index (χ2n) is 10.1. The number of halogens is 5. The summed E-state index contributed by atoms with van der Waals surface area (Å²) in [4.78, 5) is 24.1. The molecule has 0 spiro atoms. The molecule has 2 heterocycles. The lowest BCUT2D eigenvalue weighted by molar-refractivity contribution is -0.125. The number of carbonyl (C=O) groups excluding carboxylic acids is 1. The van der Waals surface area contributed by atoms with Crippen molar-refractivity contribution in [2.45, 2.75) is 36.2 Å². The van der Waals surface area contributed by atoms with E-state index in [9.17, 15) is 50.2 Å². The minimum absolute atomic E-state index is 0.0405. The molecule has 2 atom stereocenters. The zero-order valence-electron chi connectivity index (χ0n) is 22.1. The van der Waals surface area contributed by atoms with Crippen LogP contribution in [0.3, 0.4) is 0 Å². The van der Waals surface area contributed by atoms with E-state index in [1.54, 1.807) is 12.1 Å². The highest BCUT2D eigenvalue weighted by atomic mass is 32.2. The number of phenols is 1. The zero-order valence-corrected chi connectivity index (χ0v) is 22.9. The van der Waals surface area contributed by atoms with Crippen molar-refractivity contribution in [2.75, 3.05) is 24.7 Å². The topological polar surface area (TPSA) is 124 Å². The maximum atomic E-state index is 14.4. The third kappa shape index (κ3) is 5.43. The maximum Gasteiger partial charge on any atom is 0.339 e. The van der Waals surface area contributed by atoms with Gasteiger partial charge in [-0.3, -0.25) is 4.79 Å². The highest BCUT2D eigenvalue weighted by Gasteiger charge is 2.48. The molecule has 0 bridgehead atoms. The van der Waals surface area contributed by atoms with Gasteiger partial charge >= 0.3 is 5.97 Å². The third-order valence-electron chi connectivity index (χ3n) is 7.50. The van der Waals surface area contributed by atoms with Gasteiger partial charge in [-0.15, -0.1) is 0 Å². The monoisotopic (exact) mass is 626 g/mol. The Kier molecular flexibility index (Phi) is 8.15. The molecule has 0 aromatic heterocycles. The average Bonchev–Trinajstić information content (AvgIpc) is 3.48. The zero-order chi connectivity index (χ0) is 31.2. The number of aromatic carboxylic acids is 1. The summed E-state index contributed by atoms with van der Waals surface area (Å²) in [5.74, 6) is -15.5. The van der Waals surface area contributed by atoms with Gasteiger partial charge in [0.25, 0.3) is 0 Å². The van der Waals surface area contributed by atoms with Crippen LogP contribution in [0.1, 0.15) is 40.2 Å². The highest BCUT2D eigenvalue weighted by Crippen LogP contribution is 2.36. The van der Waals surface area contributed by atoms with Gasteiger partial charge in [-0.2, -0.15) is 4.31 Å². The Hall–Kier alpha value is -4.08. The minimum Gasteiger partial charge on any atom is -0.507 e. The number of aromatic hydroxyl groups is 1. The summed E-state index contributed by atoms with van der Waals surface area (Å²) >= 11 is 0. The summed E-state index contributed by atoms with van der Waals surface area (Å²) in [5, 5.41) is 19.5.